The quantitative estimate of drug-likeness (QED) is 0.0812. The monoisotopic (exact) mass is 630 g/mol. The molecule has 0 atom stereocenters. The van der Waals surface area contributed by atoms with Crippen molar-refractivity contribution in [3.8, 4) is 33.8 Å². The predicted molar refractivity (Wildman–Crippen MR) is 180 cm³/mol. The minimum absolute atomic E-state index is 0.0323. The van der Waals surface area contributed by atoms with E-state index >= 15 is 0 Å². The number of carbonyl (C=O) groups excluding carboxylic acids is 2. The molecule has 0 saturated carbocycles. The summed E-state index contributed by atoms with van der Waals surface area (Å²) in [6.45, 7) is 10.4. The van der Waals surface area contributed by atoms with Crippen LogP contribution in [-0.4, -0.2) is 61.8 Å². The highest BCUT2D eigenvalue weighted by Gasteiger charge is 2.13. The van der Waals surface area contributed by atoms with E-state index in [0.717, 1.165) is 40.7 Å². The Morgan fingerprint density at radius 2 is 1.22 bits per heavy atom. The SMILES string of the molecule is C=C(CO)C(=O)OCCOc1cc(OCCOC(=O)C(=C)CO)cc(-c2ccc(-c3ccc(CCCCCC)cc3)cc2CC)c1. The minimum atomic E-state index is -0.684. The van der Waals surface area contributed by atoms with Gasteiger partial charge in [0.1, 0.15) is 37.9 Å². The van der Waals surface area contributed by atoms with Crippen LogP contribution in [0.4, 0.5) is 0 Å². The lowest BCUT2D eigenvalue weighted by Crippen LogP contribution is -2.15. The second-order valence-electron chi connectivity index (χ2n) is 10.9. The summed E-state index contributed by atoms with van der Waals surface area (Å²) in [4.78, 5) is 23.6. The lowest BCUT2D eigenvalue weighted by Gasteiger charge is -2.16. The van der Waals surface area contributed by atoms with E-state index in [1.165, 1.54) is 31.2 Å². The Morgan fingerprint density at radius 1 is 0.652 bits per heavy atom. The first-order valence-electron chi connectivity index (χ1n) is 15.8. The Kier molecular flexibility index (Phi) is 15.0. The van der Waals surface area contributed by atoms with Crippen LogP contribution in [0.25, 0.3) is 22.3 Å². The average molecular weight is 631 g/mol. The Morgan fingerprint density at radius 3 is 1.74 bits per heavy atom. The van der Waals surface area contributed by atoms with E-state index in [9.17, 15) is 9.59 Å². The Balaban J connectivity index is 1.79. The first-order valence-corrected chi connectivity index (χ1v) is 15.8. The molecule has 0 aliphatic heterocycles. The molecule has 0 radical (unpaired) electrons. The van der Waals surface area contributed by atoms with Crippen molar-refractivity contribution in [3.05, 3.63) is 96.1 Å². The van der Waals surface area contributed by atoms with Crippen molar-refractivity contribution in [2.24, 2.45) is 0 Å². The summed E-state index contributed by atoms with van der Waals surface area (Å²) in [7, 11) is 0. The lowest BCUT2D eigenvalue weighted by molar-refractivity contribution is -0.141. The van der Waals surface area contributed by atoms with Gasteiger partial charge in [-0.2, -0.15) is 0 Å². The van der Waals surface area contributed by atoms with Gasteiger partial charge in [-0.25, -0.2) is 9.59 Å². The third-order valence-electron chi connectivity index (χ3n) is 7.41. The van der Waals surface area contributed by atoms with Crippen LogP contribution in [0, 0.1) is 0 Å². The van der Waals surface area contributed by atoms with Gasteiger partial charge in [-0.3, -0.25) is 0 Å². The molecule has 8 heteroatoms. The van der Waals surface area contributed by atoms with Gasteiger partial charge in [0.05, 0.1) is 24.4 Å². The maximum absolute atomic E-state index is 11.8. The lowest BCUT2D eigenvalue weighted by atomic mass is 9.93. The molecule has 3 aromatic rings. The van der Waals surface area contributed by atoms with Crippen molar-refractivity contribution in [3.63, 3.8) is 0 Å². The molecular formula is C38H46O8. The van der Waals surface area contributed by atoms with Crippen molar-refractivity contribution < 1.29 is 38.7 Å². The van der Waals surface area contributed by atoms with Crippen molar-refractivity contribution in [1.29, 1.82) is 0 Å². The van der Waals surface area contributed by atoms with E-state index in [1.807, 2.05) is 12.1 Å². The number of ether oxygens (including phenoxy) is 4. The fourth-order valence-electron chi connectivity index (χ4n) is 4.78. The van der Waals surface area contributed by atoms with Crippen molar-refractivity contribution in [2.45, 2.75) is 52.4 Å². The van der Waals surface area contributed by atoms with Crippen LogP contribution >= 0.6 is 0 Å². The normalized spacial score (nSPS) is 10.7. The highest BCUT2D eigenvalue weighted by Crippen LogP contribution is 2.34. The number of hydrogen-bond acceptors (Lipinski definition) is 8. The van der Waals surface area contributed by atoms with Crippen LogP contribution in [0.1, 0.15) is 50.7 Å². The number of aliphatic hydroxyl groups is 2. The summed E-state index contributed by atoms with van der Waals surface area (Å²) in [5, 5.41) is 18.1. The van der Waals surface area contributed by atoms with Gasteiger partial charge in [0.15, 0.2) is 0 Å². The average Bonchev–Trinajstić information content (AvgIpc) is 3.09. The molecule has 0 aliphatic rings. The summed E-state index contributed by atoms with van der Waals surface area (Å²) in [5.74, 6) is -0.375. The van der Waals surface area contributed by atoms with Crippen molar-refractivity contribution >= 4 is 11.9 Å². The van der Waals surface area contributed by atoms with Crippen LogP contribution in [0.5, 0.6) is 11.5 Å². The third-order valence-corrected chi connectivity index (χ3v) is 7.41. The predicted octanol–water partition coefficient (Wildman–Crippen LogP) is 6.65. The molecule has 246 valence electrons. The van der Waals surface area contributed by atoms with Crippen molar-refractivity contribution in [1.82, 2.24) is 0 Å². The zero-order chi connectivity index (χ0) is 33.3. The van der Waals surface area contributed by atoms with E-state index in [-0.39, 0.29) is 37.6 Å². The Bertz CT molecular complexity index is 1400. The molecule has 8 nitrogen and oxygen atoms in total. The number of aryl methyl sites for hydroxylation is 2. The number of aliphatic hydroxyl groups excluding tert-OH is 2. The molecule has 0 spiro atoms. The molecule has 0 aliphatic carbocycles. The highest BCUT2D eigenvalue weighted by molar-refractivity contribution is 5.88. The molecule has 0 saturated heterocycles. The zero-order valence-corrected chi connectivity index (χ0v) is 27.0. The maximum atomic E-state index is 11.8. The fraction of sp³-hybridized carbons (Fsp3) is 0.368. The highest BCUT2D eigenvalue weighted by atomic mass is 16.6. The third kappa shape index (κ3) is 11.2. The summed E-state index contributed by atoms with van der Waals surface area (Å²) in [6, 6.07) is 20.7. The van der Waals surface area contributed by atoms with Gasteiger partial charge >= 0.3 is 11.9 Å². The number of unbranched alkanes of at least 4 members (excludes halogenated alkanes) is 3. The molecule has 0 aromatic heterocycles. The van der Waals surface area contributed by atoms with Gasteiger partial charge in [-0.1, -0.05) is 88.7 Å². The molecule has 2 N–H and O–H groups in total. The Hall–Kier alpha value is -4.40. The van der Waals surface area contributed by atoms with Gasteiger partial charge in [0.25, 0.3) is 0 Å². The minimum Gasteiger partial charge on any atom is -0.490 e. The van der Waals surface area contributed by atoms with Crippen LogP contribution in [0.3, 0.4) is 0 Å². The number of hydrogen-bond donors (Lipinski definition) is 2. The molecule has 0 amide bonds. The van der Waals surface area contributed by atoms with E-state index in [2.05, 4.69) is 69.5 Å². The van der Waals surface area contributed by atoms with Crippen molar-refractivity contribution in [2.75, 3.05) is 39.6 Å². The fourth-order valence-corrected chi connectivity index (χ4v) is 4.78. The summed E-state index contributed by atoms with van der Waals surface area (Å²) >= 11 is 0. The second-order valence-corrected chi connectivity index (χ2v) is 10.9. The topological polar surface area (TPSA) is 112 Å². The van der Waals surface area contributed by atoms with Gasteiger partial charge in [-0.15, -0.1) is 0 Å². The Labute approximate surface area is 272 Å². The molecule has 0 bridgehead atoms. The number of esters is 2. The summed E-state index contributed by atoms with van der Waals surface area (Å²) < 4.78 is 22.0. The van der Waals surface area contributed by atoms with E-state index in [0.29, 0.717) is 11.5 Å². The zero-order valence-electron chi connectivity index (χ0n) is 27.0. The first-order chi connectivity index (χ1) is 22.3. The summed E-state index contributed by atoms with van der Waals surface area (Å²) in [5.41, 5.74) is 6.63. The van der Waals surface area contributed by atoms with Gasteiger partial charge in [0, 0.05) is 6.07 Å². The first kappa shape index (κ1) is 36.1. The van der Waals surface area contributed by atoms with E-state index in [4.69, 9.17) is 29.2 Å². The molecule has 46 heavy (non-hydrogen) atoms. The second kappa shape index (κ2) is 19.2. The number of rotatable bonds is 20. The molecule has 3 rings (SSSR count). The molecule has 0 heterocycles. The summed E-state index contributed by atoms with van der Waals surface area (Å²) in [6.07, 6.45) is 6.90. The van der Waals surface area contributed by atoms with Crippen LogP contribution < -0.4 is 9.47 Å². The van der Waals surface area contributed by atoms with Crippen LogP contribution in [0.15, 0.2) is 85.0 Å². The number of carbonyl (C=O) groups is 2. The van der Waals surface area contributed by atoms with Crippen LogP contribution in [-0.2, 0) is 31.9 Å². The molecule has 3 aromatic carbocycles. The molecule has 0 unspecified atom stereocenters. The largest absolute Gasteiger partial charge is 0.490 e. The maximum Gasteiger partial charge on any atom is 0.335 e. The van der Waals surface area contributed by atoms with Gasteiger partial charge < -0.3 is 29.2 Å². The standard InChI is InChI=1S/C38H46O8/c1-5-7-8-9-10-29-11-13-31(14-12-29)32-15-16-36(30(6-2)21-32)33-22-34(43-17-19-45-37(41)27(3)25-39)24-35(23-33)44-18-20-46-38(42)28(4)26-40/h11-16,21-24,39-40H,3-10,17-20,25-26H2,1-2H3. The number of benzene rings is 3. The smallest absolute Gasteiger partial charge is 0.335 e. The van der Waals surface area contributed by atoms with Crippen LogP contribution in [0.2, 0.25) is 0 Å². The van der Waals surface area contributed by atoms with E-state index in [1.54, 1.807) is 6.07 Å². The molecular weight excluding hydrogens is 584 g/mol. The van der Waals surface area contributed by atoms with E-state index < -0.39 is 25.2 Å². The molecule has 0 fully saturated rings. The van der Waals surface area contributed by atoms with Gasteiger partial charge in [-0.05, 0) is 64.8 Å². The van der Waals surface area contributed by atoms with Gasteiger partial charge in [0.2, 0.25) is 0 Å².